The van der Waals surface area contributed by atoms with Crippen LogP contribution in [0, 0.1) is 35.5 Å². The molecule has 0 spiro atoms. The number of benzene rings is 1. The van der Waals surface area contributed by atoms with Gasteiger partial charge in [-0.2, -0.15) is 0 Å². The predicted octanol–water partition coefficient (Wildman–Crippen LogP) is 9.50. The number of rotatable bonds is 5. The molecule has 2 saturated carbocycles. The predicted molar refractivity (Wildman–Crippen MR) is 156 cm³/mol. The number of carbonyl (C=O) groups excluding carboxylic acids is 1. The molecule has 0 aliphatic heterocycles. The Kier molecular flexibility index (Phi) is 9.59. The van der Waals surface area contributed by atoms with Gasteiger partial charge >= 0.3 is 5.97 Å². The third-order valence-corrected chi connectivity index (χ3v) is 10.7. The van der Waals surface area contributed by atoms with E-state index >= 15 is 0 Å². The minimum Gasteiger partial charge on any atom is -0.465 e. The van der Waals surface area contributed by atoms with Crippen molar-refractivity contribution in [3.63, 3.8) is 0 Å². The molecule has 2 aromatic rings. The number of hydrogen-bond acceptors (Lipinski definition) is 3. The second-order valence-corrected chi connectivity index (χ2v) is 13.2. The lowest BCUT2D eigenvalue weighted by Gasteiger charge is -2.37. The second kappa shape index (κ2) is 13.3. The molecule has 37 heavy (non-hydrogen) atoms. The molecule has 0 saturated heterocycles. The smallest absolute Gasteiger partial charge is 0.313 e. The number of carbonyl (C=O) groups is 1. The van der Waals surface area contributed by atoms with Crippen LogP contribution in [-0.2, 0) is 16.0 Å². The number of fused-ring (bicyclic) bond motifs is 5. The topological polar surface area (TPSA) is 26.3 Å². The fourth-order valence-electron chi connectivity index (χ4n) is 7.72. The molecule has 6 unspecified atom stereocenters. The molecule has 2 fully saturated rings. The Balaban J connectivity index is 1.21. The van der Waals surface area contributed by atoms with Crippen molar-refractivity contribution in [1.82, 2.24) is 0 Å². The zero-order valence-electron chi connectivity index (χ0n) is 22.8. The molecule has 0 radical (unpaired) electrons. The van der Waals surface area contributed by atoms with Crippen LogP contribution >= 0.6 is 11.3 Å². The summed E-state index contributed by atoms with van der Waals surface area (Å²) < 4.78 is 5.99. The summed E-state index contributed by atoms with van der Waals surface area (Å²) in [7, 11) is 0. The molecule has 1 aromatic carbocycles. The SMILES string of the molecule is CC1C=CC(C(=O)OCCc2ccc(-c3ccccc3)s2)C2C3CCCCCCCCCCCC(C3)C12. The summed E-state index contributed by atoms with van der Waals surface area (Å²) in [6, 6.07) is 14.9. The van der Waals surface area contributed by atoms with E-state index in [1.807, 2.05) is 11.3 Å². The first-order valence-corrected chi connectivity index (χ1v) is 16.0. The number of hydrogen-bond donors (Lipinski definition) is 0. The van der Waals surface area contributed by atoms with Crippen molar-refractivity contribution in [2.75, 3.05) is 6.61 Å². The summed E-state index contributed by atoms with van der Waals surface area (Å²) in [6.07, 6.45) is 21.9. The number of ether oxygens (including phenoxy) is 1. The van der Waals surface area contributed by atoms with Gasteiger partial charge in [-0.05, 0) is 53.7 Å². The van der Waals surface area contributed by atoms with E-state index in [4.69, 9.17) is 4.74 Å². The summed E-state index contributed by atoms with van der Waals surface area (Å²) in [4.78, 5) is 16.1. The van der Waals surface area contributed by atoms with Gasteiger partial charge in [0.15, 0.2) is 0 Å². The van der Waals surface area contributed by atoms with Crippen molar-refractivity contribution >= 4 is 17.3 Å². The van der Waals surface area contributed by atoms with E-state index in [1.165, 1.54) is 92.4 Å². The molecule has 200 valence electrons. The van der Waals surface area contributed by atoms with Crippen LogP contribution in [-0.4, -0.2) is 12.6 Å². The van der Waals surface area contributed by atoms with Crippen LogP contribution in [0.5, 0.6) is 0 Å². The number of thiophene rings is 1. The van der Waals surface area contributed by atoms with Gasteiger partial charge in [-0.15, -0.1) is 11.3 Å². The summed E-state index contributed by atoms with van der Waals surface area (Å²) in [5.74, 6) is 3.18. The summed E-state index contributed by atoms with van der Waals surface area (Å²) in [6.45, 7) is 2.89. The fraction of sp³-hybridized carbons (Fsp3) is 0.618. The van der Waals surface area contributed by atoms with E-state index in [2.05, 4.69) is 61.5 Å². The van der Waals surface area contributed by atoms with Gasteiger partial charge in [-0.25, -0.2) is 0 Å². The Hall–Kier alpha value is -1.87. The first-order chi connectivity index (χ1) is 18.2. The Morgan fingerprint density at radius 3 is 2.16 bits per heavy atom. The highest BCUT2D eigenvalue weighted by Crippen LogP contribution is 2.55. The Morgan fingerprint density at radius 1 is 0.811 bits per heavy atom. The monoisotopic (exact) mass is 518 g/mol. The maximum absolute atomic E-state index is 13.5. The van der Waals surface area contributed by atoms with Crippen LogP contribution in [0.25, 0.3) is 10.4 Å². The maximum atomic E-state index is 13.5. The highest BCUT2D eigenvalue weighted by Gasteiger charge is 2.50. The van der Waals surface area contributed by atoms with Gasteiger partial charge in [-0.1, -0.05) is 120 Å². The van der Waals surface area contributed by atoms with Crippen molar-refractivity contribution in [3.05, 3.63) is 59.5 Å². The molecule has 0 amide bonds. The summed E-state index contributed by atoms with van der Waals surface area (Å²) in [5.41, 5.74) is 1.26. The lowest BCUT2D eigenvalue weighted by molar-refractivity contribution is -0.150. The average Bonchev–Trinajstić information content (AvgIpc) is 3.53. The van der Waals surface area contributed by atoms with Crippen molar-refractivity contribution in [2.45, 2.75) is 90.4 Å². The van der Waals surface area contributed by atoms with Gasteiger partial charge in [-0.3, -0.25) is 4.79 Å². The summed E-state index contributed by atoms with van der Waals surface area (Å²) >= 11 is 1.81. The van der Waals surface area contributed by atoms with Crippen LogP contribution < -0.4 is 0 Å². The zero-order valence-corrected chi connectivity index (χ0v) is 23.6. The van der Waals surface area contributed by atoms with E-state index in [9.17, 15) is 4.79 Å². The highest BCUT2D eigenvalue weighted by molar-refractivity contribution is 7.15. The first kappa shape index (κ1) is 26.7. The molecule has 3 heteroatoms. The molecular weight excluding hydrogens is 472 g/mol. The lowest BCUT2D eigenvalue weighted by Crippen LogP contribution is -2.37. The van der Waals surface area contributed by atoms with Gasteiger partial charge in [0, 0.05) is 16.2 Å². The number of esters is 1. The van der Waals surface area contributed by atoms with Crippen LogP contribution in [0.2, 0.25) is 0 Å². The van der Waals surface area contributed by atoms with E-state index in [1.54, 1.807) is 0 Å². The van der Waals surface area contributed by atoms with Crippen molar-refractivity contribution in [3.8, 4) is 10.4 Å². The van der Waals surface area contributed by atoms with Gasteiger partial charge in [0.2, 0.25) is 0 Å². The maximum Gasteiger partial charge on any atom is 0.313 e. The molecule has 6 atom stereocenters. The molecule has 1 aromatic heterocycles. The zero-order chi connectivity index (χ0) is 25.5. The third kappa shape index (κ3) is 6.77. The van der Waals surface area contributed by atoms with Crippen molar-refractivity contribution < 1.29 is 9.53 Å². The largest absolute Gasteiger partial charge is 0.465 e. The Bertz CT molecular complexity index is 1010. The molecule has 1 heterocycles. The fourth-order valence-corrected chi connectivity index (χ4v) is 8.71. The quantitative estimate of drug-likeness (QED) is 0.291. The minimum absolute atomic E-state index is 0.0292. The highest BCUT2D eigenvalue weighted by atomic mass is 32.1. The Labute approximate surface area is 228 Å². The molecule has 3 aliphatic carbocycles. The molecular formula is C34H46O2S. The van der Waals surface area contributed by atoms with Crippen LogP contribution in [0.3, 0.4) is 0 Å². The van der Waals surface area contributed by atoms with E-state index < -0.39 is 0 Å². The number of allylic oxidation sites excluding steroid dienone is 1. The van der Waals surface area contributed by atoms with E-state index in [0.29, 0.717) is 30.3 Å². The van der Waals surface area contributed by atoms with Gasteiger partial charge in [0.25, 0.3) is 0 Å². The first-order valence-electron chi connectivity index (χ1n) is 15.2. The normalized spacial score (nSPS) is 30.8. The van der Waals surface area contributed by atoms with Gasteiger partial charge in [0.05, 0.1) is 12.5 Å². The molecule has 0 N–H and O–H groups in total. The van der Waals surface area contributed by atoms with Crippen molar-refractivity contribution in [1.29, 1.82) is 0 Å². The molecule has 3 aliphatic rings. The van der Waals surface area contributed by atoms with Crippen molar-refractivity contribution in [2.24, 2.45) is 35.5 Å². The van der Waals surface area contributed by atoms with Crippen LogP contribution in [0.1, 0.15) is 88.9 Å². The molecule has 5 rings (SSSR count). The van der Waals surface area contributed by atoms with Gasteiger partial charge < -0.3 is 4.74 Å². The minimum atomic E-state index is -0.0462. The molecule has 2 bridgehead atoms. The molecule has 2 nitrogen and oxygen atoms in total. The van der Waals surface area contributed by atoms with E-state index in [-0.39, 0.29) is 11.9 Å². The van der Waals surface area contributed by atoms with Crippen LogP contribution in [0.15, 0.2) is 54.6 Å². The van der Waals surface area contributed by atoms with E-state index in [0.717, 1.165) is 12.3 Å². The average molecular weight is 519 g/mol. The summed E-state index contributed by atoms with van der Waals surface area (Å²) in [5, 5.41) is 0. The standard InChI is InChI=1S/C34H46O2S/c1-25-18-20-30(34(35)36-23-22-29-19-21-31(37-29)26-14-12-9-13-15-26)33-28-17-11-8-6-4-2-3-5-7-10-16-27(24-28)32(25)33/h9,12-15,18-21,25,27-28,30,32-33H,2-8,10-11,16-17,22-24H2,1H3. The second-order valence-electron chi connectivity index (χ2n) is 12.0. The van der Waals surface area contributed by atoms with Gasteiger partial charge in [0.1, 0.15) is 0 Å². The third-order valence-electron chi connectivity index (χ3n) is 9.52. The lowest BCUT2D eigenvalue weighted by atomic mass is 9.67. The Morgan fingerprint density at radius 2 is 1.46 bits per heavy atom. The van der Waals surface area contributed by atoms with Crippen LogP contribution in [0.4, 0.5) is 0 Å².